The number of hydrogen-bond acceptors (Lipinski definition) is 1. The summed E-state index contributed by atoms with van der Waals surface area (Å²) in [5, 5.41) is 5.70. The van der Waals surface area contributed by atoms with Gasteiger partial charge in [0.15, 0.2) is 5.11 Å². The minimum absolute atomic E-state index is 0.161. The van der Waals surface area contributed by atoms with E-state index < -0.39 is 11.7 Å². The van der Waals surface area contributed by atoms with Crippen LogP contribution in [0.3, 0.4) is 0 Å². The van der Waals surface area contributed by atoms with Gasteiger partial charge in [0.2, 0.25) is 0 Å². The van der Waals surface area contributed by atoms with Crippen molar-refractivity contribution in [2.45, 2.75) is 38.9 Å². The third-order valence-electron chi connectivity index (χ3n) is 2.63. The van der Waals surface area contributed by atoms with Crippen LogP contribution in [0.25, 0.3) is 0 Å². The van der Waals surface area contributed by atoms with Gasteiger partial charge in [-0.3, -0.25) is 0 Å². The zero-order chi connectivity index (χ0) is 15.3. The van der Waals surface area contributed by atoms with Gasteiger partial charge in [0.25, 0.3) is 0 Å². The molecule has 1 rings (SSSR count). The average Bonchev–Trinajstić information content (AvgIpc) is 2.30. The van der Waals surface area contributed by atoms with Gasteiger partial charge in [0.1, 0.15) is 0 Å². The van der Waals surface area contributed by atoms with Crippen LogP contribution in [0.4, 0.5) is 18.9 Å². The fourth-order valence-electron chi connectivity index (χ4n) is 1.72. The zero-order valence-electron chi connectivity index (χ0n) is 11.1. The minimum atomic E-state index is -4.49. The molecule has 0 heterocycles. The first kappa shape index (κ1) is 17.0. The van der Waals surface area contributed by atoms with E-state index in [1.807, 2.05) is 13.8 Å². The number of benzene rings is 1. The summed E-state index contributed by atoms with van der Waals surface area (Å²) in [4.78, 5) is 0. The Morgan fingerprint density at radius 1 is 1.40 bits per heavy atom. The molecule has 0 radical (unpaired) electrons. The second-order valence-electron chi connectivity index (χ2n) is 4.48. The Labute approximate surface area is 126 Å². The van der Waals surface area contributed by atoms with Crippen molar-refractivity contribution in [3.05, 3.63) is 28.8 Å². The molecule has 0 aliphatic carbocycles. The van der Waals surface area contributed by atoms with Crippen LogP contribution in [0.15, 0.2) is 18.2 Å². The number of thiocarbonyl (C=S) groups is 1. The Bertz CT molecular complexity index is 477. The van der Waals surface area contributed by atoms with Gasteiger partial charge in [-0.2, -0.15) is 13.2 Å². The van der Waals surface area contributed by atoms with Crippen molar-refractivity contribution >= 4 is 34.6 Å². The topological polar surface area (TPSA) is 24.1 Å². The summed E-state index contributed by atoms with van der Waals surface area (Å²) >= 11 is 10.6. The van der Waals surface area contributed by atoms with Gasteiger partial charge in [0, 0.05) is 11.7 Å². The maximum absolute atomic E-state index is 12.7. The van der Waals surface area contributed by atoms with Crippen LogP contribution in [0, 0.1) is 0 Å². The van der Waals surface area contributed by atoms with E-state index in [1.165, 1.54) is 12.1 Å². The molecule has 1 atom stereocenters. The molecule has 0 saturated heterocycles. The molecule has 0 aliphatic rings. The number of hydrogen-bond donors (Lipinski definition) is 2. The molecule has 0 bridgehead atoms. The third kappa shape index (κ3) is 5.17. The molecule has 2 nitrogen and oxygen atoms in total. The Hall–Kier alpha value is -1.01. The van der Waals surface area contributed by atoms with E-state index in [0.29, 0.717) is 5.11 Å². The lowest BCUT2D eigenvalue weighted by molar-refractivity contribution is -0.137. The summed E-state index contributed by atoms with van der Waals surface area (Å²) in [7, 11) is 0. The van der Waals surface area contributed by atoms with E-state index in [9.17, 15) is 13.2 Å². The van der Waals surface area contributed by atoms with Gasteiger partial charge in [0.05, 0.1) is 10.6 Å². The fraction of sp³-hybridized carbons (Fsp3) is 0.462. The first-order valence-corrected chi connectivity index (χ1v) is 6.97. The first-order chi connectivity index (χ1) is 9.24. The third-order valence-corrected chi connectivity index (χ3v) is 3.18. The fourth-order valence-corrected chi connectivity index (χ4v) is 2.26. The van der Waals surface area contributed by atoms with Crippen LogP contribution >= 0.6 is 23.8 Å². The second-order valence-corrected chi connectivity index (χ2v) is 5.30. The number of alkyl halides is 3. The van der Waals surface area contributed by atoms with Crippen LogP contribution in [-0.2, 0) is 6.18 Å². The van der Waals surface area contributed by atoms with E-state index in [4.69, 9.17) is 23.8 Å². The highest BCUT2D eigenvalue weighted by Gasteiger charge is 2.33. The van der Waals surface area contributed by atoms with E-state index in [1.54, 1.807) is 0 Å². The Morgan fingerprint density at radius 2 is 2.05 bits per heavy atom. The van der Waals surface area contributed by atoms with Crippen molar-refractivity contribution in [3.63, 3.8) is 0 Å². The number of nitrogens with one attached hydrogen (secondary N) is 2. The van der Waals surface area contributed by atoms with Crippen LogP contribution in [0.5, 0.6) is 0 Å². The number of anilines is 1. The molecule has 0 spiro atoms. The Balaban J connectivity index is 2.76. The molecule has 1 aromatic rings. The molecule has 2 N–H and O–H groups in total. The lowest BCUT2D eigenvalue weighted by atomic mass is 10.2. The van der Waals surface area contributed by atoms with Crippen molar-refractivity contribution in [1.29, 1.82) is 0 Å². The van der Waals surface area contributed by atoms with Crippen molar-refractivity contribution < 1.29 is 13.2 Å². The number of rotatable bonds is 4. The first-order valence-electron chi connectivity index (χ1n) is 6.18. The predicted molar refractivity (Wildman–Crippen MR) is 80.2 cm³/mol. The molecular weight excluding hydrogens is 309 g/mol. The largest absolute Gasteiger partial charge is 0.417 e. The van der Waals surface area contributed by atoms with Gasteiger partial charge >= 0.3 is 6.18 Å². The summed E-state index contributed by atoms with van der Waals surface area (Å²) in [6, 6.07) is 3.76. The maximum atomic E-state index is 12.7. The molecule has 0 aromatic heterocycles. The molecule has 112 valence electrons. The molecule has 0 saturated carbocycles. The summed E-state index contributed by atoms with van der Waals surface area (Å²) in [5.74, 6) is 0. The molecule has 20 heavy (non-hydrogen) atoms. The molecule has 0 amide bonds. The summed E-state index contributed by atoms with van der Waals surface area (Å²) in [6.45, 7) is 4.00. The van der Waals surface area contributed by atoms with Crippen LogP contribution < -0.4 is 10.6 Å². The average molecular weight is 325 g/mol. The van der Waals surface area contributed by atoms with Gasteiger partial charge < -0.3 is 10.6 Å². The van der Waals surface area contributed by atoms with Crippen LogP contribution in [0.2, 0.25) is 5.02 Å². The molecule has 7 heteroatoms. The quantitative estimate of drug-likeness (QED) is 0.775. The van der Waals surface area contributed by atoms with Gasteiger partial charge in [-0.15, -0.1) is 0 Å². The second kappa shape index (κ2) is 7.13. The summed E-state index contributed by atoms with van der Waals surface area (Å²) in [5.41, 5.74) is -0.628. The van der Waals surface area contributed by atoms with Crippen molar-refractivity contribution in [1.82, 2.24) is 5.32 Å². The van der Waals surface area contributed by atoms with Crippen molar-refractivity contribution in [3.8, 4) is 0 Å². The lowest BCUT2D eigenvalue weighted by Crippen LogP contribution is -2.35. The molecule has 0 aliphatic heterocycles. The monoisotopic (exact) mass is 324 g/mol. The molecule has 1 aromatic carbocycles. The van der Waals surface area contributed by atoms with Gasteiger partial charge in [-0.05, 0) is 43.8 Å². The lowest BCUT2D eigenvalue weighted by Gasteiger charge is -2.17. The maximum Gasteiger partial charge on any atom is 0.417 e. The highest BCUT2D eigenvalue weighted by Crippen LogP contribution is 2.36. The standard InChI is InChI=1S/C13H16ClF3N2S/c1-3-4-8(2)18-12(20)19-9-5-6-11(14)10(7-9)13(15,16)17/h5-8H,3-4H2,1-2H3,(H2,18,19,20)/t8-/m0/s1. The Kier molecular flexibility index (Phi) is 6.07. The van der Waals surface area contributed by atoms with E-state index >= 15 is 0 Å². The zero-order valence-corrected chi connectivity index (χ0v) is 12.7. The normalized spacial score (nSPS) is 12.9. The van der Waals surface area contributed by atoms with Gasteiger partial charge in [-0.1, -0.05) is 24.9 Å². The molecular formula is C13H16ClF3N2S. The predicted octanol–water partition coefficient (Wildman–Crippen LogP) is 4.83. The molecule has 0 unspecified atom stereocenters. The van der Waals surface area contributed by atoms with E-state index in [2.05, 4.69) is 10.6 Å². The smallest absolute Gasteiger partial charge is 0.360 e. The number of halogens is 4. The minimum Gasteiger partial charge on any atom is -0.360 e. The van der Waals surface area contributed by atoms with E-state index in [-0.39, 0.29) is 16.8 Å². The van der Waals surface area contributed by atoms with Crippen LogP contribution in [0.1, 0.15) is 32.3 Å². The summed E-state index contributed by atoms with van der Waals surface area (Å²) < 4.78 is 38.1. The van der Waals surface area contributed by atoms with Crippen LogP contribution in [-0.4, -0.2) is 11.2 Å². The van der Waals surface area contributed by atoms with Crippen molar-refractivity contribution in [2.75, 3.05) is 5.32 Å². The van der Waals surface area contributed by atoms with Crippen molar-refractivity contribution in [2.24, 2.45) is 0 Å². The van der Waals surface area contributed by atoms with E-state index in [0.717, 1.165) is 18.9 Å². The SMILES string of the molecule is CCC[C@H](C)NC(=S)Nc1ccc(Cl)c(C(F)(F)F)c1. The highest BCUT2D eigenvalue weighted by atomic mass is 35.5. The Morgan fingerprint density at radius 3 is 2.60 bits per heavy atom. The van der Waals surface area contributed by atoms with Gasteiger partial charge in [-0.25, -0.2) is 0 Å². The summed E-state index contributed by atoms with van der Waals surface area (Å²) in [6.07, 6.45) is -2.56. The highest BCUT2D eigenvalue weighted by molar-refractivity contribution is 7.80. The molecule has 0 fully saturated rings.